The average Bonchev–Trinajstić information content (AvgIpc) is 2.47. The molecule has 22 heavy (non-hydrogen) atoms. The lowest BCUT2D eigenvalue weighted by molar-refractivity contribution is -0.143. The van der Waals surface area contributed by atoms with E-state index in [4.69, 9.17) is 14.9 Å². The van der Waals surface area contributed by atoms with E-state index in [2.05, 4.69) is 0 Å². The molecular formula is C17H24O5. The summed E-state index contributed by atoms with van der Waals surface area (Å²) in [4.78, 5) is 21.9. The van der Waals surface area contributed by atoms with E-state index in [1.165, 1.54) is 0 Å². The second kappa shape index (κ2) is 10.7. The number of hydrogen-bond acceptors (Lipinski definition) is 4. The van der Waals surface area contributed by atoms with Crippen LogP contribution in [0, 0.1) is 0 Å². The van der Waals surface area contributed by atoms with Gasteiger partial charge in [0, 0.05) is 6.42 Å². The van der Waals surface area contributed by atoms with Crippen molar-refractivity contribution in [2.75, 3.05) is 6.61 Å². The fraction of sp³-hybridized carbons (Fsp3) is 0.529. The number of carboxylic acid groups (broad SMARTS) is 1. The molecule has 0 fully saturated rings. The molecule has 0 atom stereocenters. The van der Waals surface area contributed by atoms with Crippen molar-refractivity contribution >= 4 is 11.9 Å². The Morgan fingerprint density at radius 2 is 1.50 bits per heavy atom. The van der Waals surface area contributed by atoms with Crippen molar-refractivity contribution in [3.8, 4) is 5.75 Å². The third-order valence-corrected chi connectivity index (χ3v) is 3.33. The molecule has 1 rings (SSSR count). The van der Waals surface area contributed by atoms with Crippen molar-refractivity contribution < 1.29 is 24.5 Å². The van der Waals surface area contributed by atoms with Gasteiger partial charge >= 0.3 is 11.9 Å². The molecule has 0 heterocycles. The minimum atomic E-state index is -0.736. The molecule has 0 saturated carbocycles. The highest BCUT2D eigenvalue weighted by atomic mass is 16.5. The number of phenolic OH excluding ortho intramolecular Hbond substituents is 1. The van der Waals surface area contributed by atoms with Gasteiger partial charge in [-0.25, -0.2) is 0 Å². The Bertz CT molecular complexity index is 453. The molecule has 0 aromatic heterocycles. The number of hydrogen-bond donors (Lipinski definition) is 2. The molecule has 0 unspecified atom stereocenters. The number of esters is 1. The molecule has 0 aliphatic heterocycles. The van der Waals surface area contributed by atoms with Crippen LogP contribution in [0.1, 0.15) is 50.5 Å². The van der Waals surface area contributed by atoms with E-state index < -0.39 is 5.97 Å². The highest BCUT2D eigenvalue weighted by molar-refractivity contribution is 5.72. The Labute approximate surface area is 130 Å². The lowest BCUT2D eigenvalue weighted by Gasteiger charge is -2.05. The minimum absolute atomic E-state index is 0.181. The summed E-state index contributed by atoms with van der Waals surface area (Å²) in [7, 11) is 0. The maximum atomic E-state index is 11.6. The van der Waals surface area contributed by atoms with Crippen LogP contribution in [0.15, 0.2) is 24.3 Å². The summed E-state index contributed by atoms with van der Waals surface area (Å²) in [5, 5.41) is 17.6. The third kappa shape index (κ3) is 9.00. The van der Waals surface area contributed by atoms with Gasteiger partial charge in [0.05, 0.1) is 13.0 Å². The summed E-state index contributed by atoms with van der Waals surface area (Å²) in [6.45, 7) is 0.423. The summed E-state index contributed by atoms with van der Waals surface area (Å²) in [5.41, 5.74) is 0.821. The van der Waals surface area contributed by atoms with Crippen LogP contribution >= 0.6 is 0 Å². The first kappa shape index (κ1) is 18.0. The third-order valence-electron chi connectivity index (χ3n) is 3.33. The van der Waals surface area contributed by atoms with Crippen LogP contribution in [-0.2, 0) is 20.7 Å². The maximum absolute atomic E-state index is 11.6. The van der Waals surface area contributed by atoms with Gasteiger partial charge in [0.15, 0.2) is 0 Å². The van der Waals surface area contributed by atoms with Crippen LogP contribution in [0.3, 0.4) is 0 Å². The van der Waals surface area contributed by atoms with E-state index >= 15 is 0 Å². The standard InChI is InChI=1S/C17H24O5/c18-15-10-8-14(9-11-15)13-17(21)22-12-6-4-2-1-3-5-7-16(19)20/h8-11,18H,1-7,12-13H2,(H,19,20). The summed E-state index contributed by atoms with van der Waals surface area (Å²) < 4.78 is 5.16. The van der Waals surface area contributed by atoms with Crippen LogP contribution in [0.5, 0.6) is 5.75 Å². The van der Waals surface area contributed by atoms with Crippen LogP contribution < -0.4 is 0 Å². The number of phenols is 1. The number of rotatable bonds is 11. The molecular weight excluding hydrogens is 284 g/mol. The zero-order valence-electron chi connectivity index (χ0n) is 12.8. The van der Waals surface area contributed by atoms with Crippen LogP contribution in [0.25, 0.3) is 0 Å². The van der Waals surface area contributed by atoms with Gasteiger partial charge in [0.1, 0.15) is 5.75 Å². The smallest absolute Gasteiger partial charge is 0.310 e. The summed E-state index contributed by atoms with van der Waals surface area (Å²) in [5.74, 6) is -0.812. The van der Waals surface area contributed by atoms with Crippen molar-refractivity contribution in [3.05, 3.63) is 29.8 Å². The van der Waals surface area contributed by atoms with Gasteiger partial charge in [-0.15, -0.1) is 0 Å². The molecule has 0 aliphatic rings. The van der Waals surface area contributed by atoms with Gasteiger partial charge in [-0.1, -0.05) is 37.8 Å². The molecule has 122 valence electrons. The van der Waals surface area contributed by atoms with Crippen molar-refractivity contribution in [2.24, 2.45) is 0 Å². The fourth-order valence-corrected chi connectivity index (χ4v) is 2.10. The largest absolute Gasteiger partial charge is 0.508 e. The molecule has 5 nitrogen and oxygen atoms in total. The number of aliphatic carboxylic acids is 1. The van der Waals surface area contributed by atoms with E-state index in [0.29, 0.717) is 6.61 Å². The topological polar surface area (TPSA) is 83.8 Å². The highest BCUT2D eigenvalue weighted by Crippen LogP contribution is 2.11. The minimum Gasteiger partial charge on any atom is -0.508 e. The second-order valence-corrected chi connectivity index (χ2v) is 5.33. The second-order valence-electron chi connectivity index (χ2n) is 5.33. The lowest BCUT2D eigenvalue weighted by atomic mass is 10.1. The van der Waals surface area contributed by atoms with Crippen molar-refractivity contribution in [2.45, 2.75) is 51.4 Å². The summed E-state index contributed by atoms with van der Waals surface area (Å²) in [6, 6.07) is 6.50. The SMILES string of the molecule is O=C(O)CCCCCCCCOC(=O)Cc1ccc(O)cc1. The molecule has 0 amide bonds. The summed E-state index contributed by atoms with van der Waals surface area (Å²) in [6.07, 6.45) is 6.01. The molecule has 1 aromatic carbocycles. The number of carboxylic acids is 1. The quantitative estimate of drug-likeness (QED) is 0.484. The number of aromatic hydroxyl groups is 1. The molecule has 0 spiro atoms. The Balaban J connectivity index is 1.97. The fourth-order valence-electron chi connectivity index (χ4n) is 2.10. The Morgan fingerprint density at radius 3 is 2.14 bits per heavy atom. The van der Waals surface area contributed by atoms with Gasteiger partial charge in [0.25, 0.3) is 0 Å². The normalized spacial score (nSPS) is 10.4. The molecule has 0 radical (unpaired) electrons. The first-order valence-electron chi connectivity index (χ1n) is 7.73. The predicted molar refractivity (Wildman–Crippen MR) is 82.7 cm³/mol. The van der Waals surface area contributed by atoms with Gasteiger partial charge < -0.3 is 14.9 Å². The monoisotopic (exact) mass is 308 g/mol. The number of ether oxygens (including phenoxy) is 1. The van der Waals surface area contributed by atoms with Gasteiger partial charge in [-0.2, -0.15) is 0 Å². The van der Waals surface area contributed by atoms with Crippen molar-refractivity contribution in [1.29, 1.82) is 0 Å². The first-order chi connectivity index (χ1) is 10.6. The number of benzene rings is 1. The number of carbonyl (C=O) groups excluding carboxylic acids is 1. The van der Waals surface area contributed by atoms with E-state index in [1.54, 1.807) is 24.3 Å². The molecule has 0 saturated heterocycles. The van der Waals surface area contributed by atoms with Crippen molar-refractivity contribution in [3.63, 3.8) is 0 Å². The zero-order chi connectivity index (χ0) is 16.2. The molecule has 2 N–H and O–H groups in total. The predicted octanol–water partition coefficient (Wildman–Crippen LogP) is 3.29. The average molecular weight is 308 g/mol. The Morgan fingerprint density at radius 1 is 0.909 bits per heavy atom. The van der Waals surface area contributed by atoms with E-state index in [9.17, 15) is 9.59 Å². The Kier molecular flexibility index (Phi) is 8.72. The first-order valence-corrected chi connectivity index (χ1v) is 7.73. The number of carbonyl (C=O) groups is 2. The van der Waals surface area contributed by atoms with Gasteiger partial charge in [-0.05, 0) is 30.5 Å². The van der Waals surface area contributed by atoms with E-state index in [-0.39, 0.29) is 24.6 Å². The molecule has 5 heteroatoms. The van der Waals surface area contributed by atoms with Crippen LogP contribution in [0.4, 0.5) is 0 Å². The number of unbranched alkanes of at least 4 members (excludes halogenated alkanes) is 5. The van der Waals surface area contributed by atoms with Gasteiger partial charge in [-0.3, -0.25) is 9.59 Å². The molecule has 0 bridgehead atoms. The maximum Gasteiger partial charge on any atom is 0.310 e. The summed E-state index contributed by atoms with van der Waals surface area (Å²) >= 11 is 0. The van der Waals surface area contributed by atoms with Crippen LogP contribution in [-0.4, -0.2) is 28.8 Å². The molecule has 1 aromatic rings. The van der Waals surface area contributed by atoms with Crippen molar-refractivity contribution in [1.82, 2.24) is 0 Å². The molecule has 0 aliphatic carbocycles. The van der Waals surface area contributed by atoms with Crippen LogP contribution in [0.2, 0.25) is 0 Å². The highest BCUT2D eigenvalue weighted by Gasteiger charge is 2.04. The van der Waals surface area contributed by atoms with E-state index in [0.717, 1.165) is 44.1 Å². The van der Waals surface area contributed by atoms with E-state index in [1.807, 2.05) is 0 Å². The Hall–Kier alpha value is -2.04. The lowest BCUT2D eigenvalue weighted by Crippen LogP contribution is -2.09. The zero-order valence-corrected chi connectivity index (χ0v) is 12.8. The van der Waals surface area contributed by atoms with Gasteiger partial charge in [0.2, 0.25) is 0 Å².